The zero-order valence-corrected chi connectivity index (χ0v) is 32.6. The zero-order chi connectivity index (χ0) is 39.5. The summed E-state index contributed by atoms with van der Waals surface area (Å²) >= 11 is 0. The summed E-state index contributed by atoms with van der Waals surface area (Å²) in [5, 5.41) is 27.2. The molecular weight excluding hydrogens is 720 g/mol. The standard InChI is InChI=1S/C43H52N2O11/c1-6-44-21-40(22-55-38(49)25-14-10-11-15-28(25)45-31(46)18-23(2)36(45)47)17-16-30(53-4)42-27-19-26-29(52-3)20-41(50,43(51,39(42)44)35(54-5)34(40)42)32(27)33(26)56-37(48)24-12-8-7-9-13-24/h7-15,23,26-27,29-30,32-35,39,50-51H,6,16-22H2,1-5H3/t23-,26+,27+,29?,30+,32+,33-,34+,35-,39?,40-,41+,42-,43+/m0/s1. The minimum absolute atomic E-state index is 0.0349. The summed E-state index contributed by atoms with van der Waals surface area (Å²) in [6.07, 6.45) is -0.591. The highest BCUT2D eigenvalue weighted by Gasteiger charge is 2.92. The van der Waals surface area contributed by atoms with Gasteiger partial charge in [-0.3, -0.25) is 14.5 Å². The number of benzene rings is 2. The lowest BCUT2D eigenvalue weighted by molar-refractivity contribution is -0.318. The first-order valence-electron chi connectivity index (χ1n) is 20.0. The molecule has 7 bridgehead atoms. The summed E-state index contributed by atoms with van der Waals surface area (Å²) in [6, 6.07) is 14.7. The topological polar surface area (TPSA) is 161 Å². The molecule has 13 nitrogen and oxygen atoms in total. The van der Waals surface area contributed by atoms with Gasteiger partial charge in [0.2, 0.25) is 11.8 Å². The fourth-order valence-electron chi connectivity index (χ4n) is 13.8. The molecule has 7 fully saturated rings. The number of aliphatic hydroxyl groups is 2. The number of anilines is 1. The smallest absolute Gasteiger partial charge is 0.340 e. The summed E-state index contributed by atoms with van der Waals surface area (Å²) in [6.45, 7) is 4.69. The quantitative estimate of drug-likeness (QED) is 0.269. The van der Waals surface area contributed by atoms with Crippen LogP contribution in [-0.4, -0.2) is 122 Å². The number of fused-ring (bicyclic) bond motifs is 2. The molecule has 300 valence electrons. The second-order valence-corrected chi connectivity index (χ2v) is 17.5. The number of carbonyl (C=O) groups excluding carboxylic acids is 4. The van der Waals surface area contributed by atoms with E-state index in [9.17, 15) is 29.4 Å². The fourth-order valence-corrected chi connectivity index (χ4v) is 13.8. The highest BCUT2D eigenvalue weighted by Crippen LogP contribution is 2.80. The monoisotopic (exact) mass is 772 g/mol. The number of likely N-dealkylation sites (tertiary alicyclic amines) is 1. The lowest BCUT2D eigenvalue weighted by atomic mass is 9.42. The SMILES string of the molecule is CCN1C[C@]2(COC(=O)c3ccccc3N3C(=O)C[C@H](C)C3=O)CC[C@@H](OC)[C@]34C1[C@](O)([C@@H](OC)[C@H]23)[C@@]1(O)CC(OC)[C@H]2C[C@@H]4[C@@H]1[C@H]2OC(=O)c1ccccc1. The molecule has 2 unspecified atom stereocenters. The molecule has 2 aromatic carbocycles. The number of rotatable bonds is 10. The van der Waals surface area contributed by atoms with Crippen molar-refractivity contribution in [2.24, 2.45) is 40.4 Å². The number of carbonyl (C=O) groups is 4. The van der Waals surface area contributed by atoms with Gasteiger partial charge in [0.05, 0.1) is 47.8 Å². The van der Waals surface area contributed by atoms with Crippen LogP contribution in [0.15, 0.2) is 54.6 Å². The maximum absolute atomic E-state index is 14.2. The Bertz CT molecular complexity index is 1940. The van der Waals surface area contributed by atoms with E-state index in [-0.39, 0.29) is 60.5 Å². The molecule has 1 spiro atoms. The van der Waals surface area contributed by atoms with Crippen LogP contribution in [-0.2, 0) is 33.3 Å². The number of hydrogen-bond donors (Lipinski definition) is 2. The second-order valence-electron chi connectivity index (χ2n) is 17.5. The predicted molar refractivity (Wildman–Crippen MR) is 199 cm³/mol. The van der Waals surface area contributed by atoms with Crippen molar-refractivity contribution in [3.05, 3.63) is 65.7 Å². The van der Waals surface area contributed by atoms with Crippen LogP contribution in [0.25, 0.3) is 0 Å². The van der Waals surface area contributed by atoms with Gasteiger partial charge < -0.3 is 33.9 Å². The lowest BCUT2D eigenvalue weighted by Crippen LogP contribution is -2.82. The van der Waals surface area contributed by atoms with Crippen LogP contribution in [0.2, 0.25) is 0 Å². The molecule has 0 radical (unpaired) electrons. The van der Waals surface area contributed by atoms with Crippen molar-refractivity contribution >= 4 is 29.4 Å². The lowest BCUT2D eigenvalue weighted by Gasteiger charge is -2.70. The van der Waals surface area contributed by atoms with Crippen molar-refractivity contribution < 1.29 is 53.1 Å². The van der Waals surface area contributed by atoms with Gasteiger partial charge in [-0.1, -0.05) is 44.2 Å². The Kier molecular flexibility index (Phi) is 8.89. The Morgan fingerprint density at radius 2 is 1.68 bits per heavy atom. The molecule has 13 heteroatoms. The van der Waals surface area contributed by atoms with Crippen LogP contribution in [0.1, 0.15) is 66.7 Å². The van der Waals surface area contributed by atoms with Crippen molar-refractivity contribution in [1.82, 2.24) is 4.90 Å². The Hall–Kier alpha value is -3.72. The highest BCUT2D eigenvalue weighted by atomic mass is 16.6. The van der Waals surface area contributed by atoms with Gasteiger partial charge >= 0.3 is 11.9 Å². The number of para-hydroxylation sites is 1. The third-order valence-corrected chi connectivity index (χ3v) is 15.5. The number of nitrogens with zero attached hydrogens (tertiary/aromatic N) is 2. The summed E-state index contributed by atoms with van der Waals surface area (Å²) in [5.74, 6) is -4.01. The van der Waals surface area contributed by atoms with Crippen LogP contribution >= 0.6 is 0 Å². The molecule has 2 heterocycles. The Morgan fingerprint density at radius 1 is 0.946 bits per heavy atom. The molecule has 5 aliphatic carbocycles. The number of piperidine rings is 1. The largest absolute Gasteiger partial charge is 0.461 e. The van der Waals surface area contributed by atoms with Gasteiger partial charge in [-0.05, 0) is 56.0 Å². The van der Waals surface area contributed by atoms with Crippen molar-refractivity contribution in [3.63, 3.8) is 0 Å². The molecule has 9 rings (SSSR count). The average Bonchev–Trinajstić information content (AvgIpc) is 3.72. The first-order chi connectivity index (χ1) is 26.9. The first-order valence-corrected chi connectivity index (χ1v) is 20.0. The van der Waals surface area contributed by atoms with Gasteiger partial charge in [0.1, 0.15) is 17.3 Å². The van der Waals surface area contributed by atoms with E-state index in [1.165, 1.54) is 0 Å². The number of imide groups is 1. The molecule has 5 saturated carbocycles. The Balaban J connectivity index is 1.14. The molecule has 14 atom stereocenters. The van der Waals surface area contributed by atoms with Crippen molar-refractivity contribution in [2.45, 2.75) is 87.6 Å². The first kappa shape index (κ1) is 37.8. The van der Waals surface area contributed by atoms with E-state index in [4.69, 9.17) is 23.7 Å². The normalized spacial score (nSPS) is 43.2. The summed E-state index contributed by atoms with van der Waals surface area (Å²) in [7, 11) is 4.86. The van der Waals surface area contributed by atoms with E-state index in [1.54, 1.807) is 76.8 Å². The van der Waals surface area contributed by atoms with Gasteiger partial charge in [-0.15, -0.1) is 0 Å². The van der Waals surface area contributed by atoms with Gasteiger partial charge in [0.15, 0.2) is 0 Å². The van der Waals surface area contributed by atoms with Gasteiger partial charge in [-0.25, -0.2) is 14.5 Å². The number of hydrogen-bond acceptors (Lipinski definition) is 12. The predicted octanol–water partition coefficient (Wildman–Crippen LogP) is 3.25. The number of methoxy groups -OCH3 is 3. The molecule has 2 amide bonds. The van der Waals surface area contributed by atoms with Crippen LogP contribution in [0, 0.1) is 40.4 Å². The van der Waals surface area contributed by atoms with Gasteiger partial charge in [-0.2, -0.15) is 0 Å². The molecule has 7 aliphatic rings. The second kappa shape index (κ2) is 13.2. The van der Waals surface area contributed by atoms with E-state index >= 15 is 0 Å². The Morgan fingerprint density at radius 3 is 2.34 bits per heavy atom. The van der Waals surface area contributed by atoms with E-state index in [0.29, 0.717) is 37.9 Å². The maximum Gasteiger partial charge on any atom is 0.340 e. The third kappa shape index (κ3) is 4.64. The van der Waals surface area contributed by atoms with Crippen molar-refractivity contribution in [1.29, 1.82) is 0 Å². The molecule has 0 aromatic heterocycles. The van der Waals surface area contributed by atoms with Crippen molar-refractivity contribution in [2.75, 3.05) is 45.9 Å². The molecular formula is C43H52N2O11. The number of ether oxygens (including phenoxy) is 5. The molecule has 2 saturated heterocycles. The summed E-state index contributed by atoms with van der Waals surface area (Å²) in [4.78, 5) is 57.3. The molecule has 2 aliphatic heterocycles. The van der Waals surface area contributed by atoms with E-state index < -0.39 is 76.1 Å². The summed E-state index contributed by atoms with van der Waals surface area (Å²) in [5.41, 5.74) is -4.50. The van der Waals surface area contributed by atoms with Crippen LogP contribution in [0.3, 0.4) is 0 Å². The highest BCUT2D eigenvalue weighted by molar-refractivity contribution is 6.22. The van der Waals surface area contributed by atoms with Crippen LogP contribution in [0.4, 0.5) is 5.69 Å². The van der Waals surface area contributed by atoms with Crippen molar-refractivity contribution in [3.8, 4) is 0 Å². The minimum atomic E-state index is -1.86. The van der Waals surface area contributed by atoms with Gasteiger partial charge in [0, 0.05) is 75.2 Å². The minimum Gasteiger partial charge on any atom is -0.461 e. The number of esters is 2. The number of likely N-dealkylation sites (N-methyl/N-ethyl adjacent to an activating group) is 1. The summed E-state index contributed by atoms with van der Waals surface area (Å²) < 4.78 is 31.8. The average molecular weight is 773 g/mol. The molecule has 2 aromatic rings. The molecule has 56 heavy (non-hydrogen) atoms. The van der Waals surface area contributed by atoms with Gasteiger partial charge in [0.25, 0.3) is 0 Å². The Labute approximate surface area is 326 Å². The molecule has 2 N–H and O–H groups in total. The fraction of sp³-hybridized carbons (Fsp3) is 0.628. The third-order valence-electron chi connectivity index (χ3n) is 15.5. The van der Waals surface area contributed by atoms with E-state index in [1.807, 2.05) is 13.0 Å². The van der Waals surface area contributed by atoms with Crippen LogP contribution in [0.5, 0.6) is 0 Å². The van der Waals surface area contributed by atoms with E-state index in [2.05, 4.69) is 4.90 Å². The van der Waals surface area contributed by atoms with Crippen LogP contribution < -0.4 is 4.90 Å². The number of amides is 2. The maximum atomic E-state index is 14.2. The van der Waals surface area contributed by atoms with E-state index in [0.717, 1.165) is 4.90 Å². The zero-order valence-electron chi connectivity index (χ0n) is 32.6.